The second kappa shape index (κ2) is 10.5. The largest absolute Gasteiger partial charge is 0.494 e. The summed E-state index contributed by atoms with van der Waals surface area (Å²) in [6, 6.07) is 13.3. The van der Waals surface area contributed by atoms with E-state index in [-0.39, 0.29) is 11.9 Å². The van der Waals surface area contributed by atoms with Gasteiger partial charge in [-0.15, -0.1) is 10.2 Å². The number of carbonyl (C=O) groups is 1. The Morgan fingerprint density at radius 1 is 1.29 bits per heavy atom. The maximum Gasteiger partial charge on any atom is 0.220 e. The number of rotatable bonds is 10. The van der Waals surface area contributed by atoms with Gasteiger partial charge in [-0.1, -0.05) is 28.1 Å². The van der Waals surface area contributed by atoms with Gasteiger partial charge in [-0.05, 0) is 55.2 Å². The van der Waals surface area contributed by atoms with Gasteiger partial charge in [-0.3, -0.25) is 9.20 Å². The van der Waals surface area contributed by atoms with E-state index >= 15 is 0 Å². The monoisotopic (exact) mass is 462 g/mol. The van der Waals surface area contributed by atoms with Crippen LogP contribution in [0.4, 0.5) is 0 Å². The first-order chi connectivity index (χ1) is 13.7. The minimum atomic E-state index is -0.164. The maximum atomic E-state index is 12.5. The number of nitrogens with zero attached hydrogens (tertiary/aromatic N) is 3. The minimum absolute atomic E-state index is 0.00312. The van der Waals surface area contributed by atoms with Gasteiger partial charge in [0, 0.05) is 17.1 Å². The van der Waals surface area contributed by atoms with Gasteiger partial charge < -0.3 is 10.1 Å². The summed E-state index contributed by atoms with van der Waals surface area (Å²) in [5.74, 6) is 2.49. The van der Waals surface area contributed by atoms with Crippen LogP contribution in [0, 0.1) is 0 Å². The molecule has 0 saturated carbocycles. The summed E-state index contributed by atoms with van der Waals surface area (Å²) in [4.78, 5) is 12.5. The smallest absolute Gasteiger partial charge is 0.220 e. The Bertz CT molecular complexity index is 918. The van der Waals surface area contributed by atoms with Gasteiger partial charge in [0.1, 0.15) is 5.75 Å². The summed E-state index contributed by atoms with van der Waals surface area (Å²) in [7, 11) is 0. The molecule has 0 radical (unpaired) electrons. The highest BCUT2D eigenvalue weighted by Gasteiger charge is 2.19. The third-order valence-electron chi connectivity index (χ3n) is 4.21. The molecule has 2 heterocycles. The highest BCUT2D eigenvalue weighted by Crippen LogP contribution is 2.19. The number of thioether (sulfide) groups is 1. The van der Waals surface area contributed by atoms with E-state index in [2.05, 4.69) is 37.7 Å². The molecule has 0 fully saturated rings. The lowest BCUT2D eigenvalue weighted by Crippen LogP contribution is -2.30. The van der Waals surface area contributed by atoms with Crippen LogP contribution < -0.4 is 10.1 Å². The van der Waals surface area contributed by atoms with Crippen molar-refractivity contribution in [3.63, 3.8) is 0 Å². The predicted molar refractivity (Wildman–Crippen MR) is 116 cm³/mol. The average molecular weight is 463 g/mol. The van der Waals surface area contributed by atoms with Gasteiger partial charge in [-0.25, -0.2) is 0 Å². The third-order valence-corrected chi connectivity index (χ3v) is 5.35. The van der Waals surface area contributed by atoms with Crippen LogP contribution in [-0.2, 0) is 4.79 Å². The van der Waals surface area contributed by atoms with E-state index in [0.29, 0.717) is 19.4 Å². The van der Waals surface area contributed by atoms with Crippen LogP contribution in [0.15, 0.2) is 53.1 Å². The van der Waals surface area contributed by atoms with Crippen LogP contribution in [0.3, 0.4) is 0 Å². The molecule has 1 N–H and O–H groups in total. The molecule has 0 spiro atoms. The Morgan fingerprint density at radius 2 is 2.18 bits per heavy atom. The molecule has 0 saturated heterocycles. The normalized spacial score (nSPS) is 12.1. The Hall–Kier alpha value is -2.06. The van der Waals surface area contributed by atoms with E-state index < -0.39 is 0 Å². The van der Waals surface area contributed by atoms with Gasteiger partial charge in [0.15, 0.2) is 11.5 Å². The fraction of sp³-hybridized carbons (Fsp3) is 0.350. The second-order valence-electron chi connectivity index (χ2n) is 6.30. The summed E-state index contributed by atoms with van der Waals surface area (Å²) in [6.45, 7) is 0.493. The molecule has 3 rings (SSSR count). The van der Waals surface area contributed by atoms with Gasteiger partial charge in [0.2, 0.25) is 5.91 Å². The van der Waals surface area contributed by atoms with Crippen molar-refractivity contribution < 1.29 is 9.53 Å². The van der Waals surface area contributed by atoms with E-state index in [0.717, 1.165) is 33.9 Å². The van der Waals surface area contributed by atoms with Crippen LogP contribution in [0.5, 0.6) is 5.75 Å². The molecule has 1 unspecified atom stereocenters. The van der Waals surface area contributed by atoms with Gasteiger partial charge in [0.05, 0.1) is 12.6 Å². The van der Waals surface area contributed by atoms with E-state index in [4.69, 9.17) is 4.74 Å². The highest BCUT2D eigenvalue weighted by molar-refractivity contribution is 9.10. The lowest BCUT2D eigenvalue weighted by atomic mass is 10.2. The molecule has 28 heavy (non-hydrogen) atoms. The van der Waals surface area contributed by atoms with Gasteiger partial charge in [-0.2, -0.15) is 11.8 Å². The SMILES string of the molecule is CSCCC(NC(=O)CCCOc1cccc(Br)c1)c1nnc2ccccn12. The number of fused-ring (bicyclic) bond motifs is 1. The number of amides is 1. The molecule has 6 nitrogen and oxygen atoms in total. The summed E-state index contributed by atoms with van der Waals surface area (Å²) in [5.41, 5.74) is 0.781. The quantitative estimate of drug-likeness (QED) is 0.455. The van der Waals surface area contributed by atoms with E-state index in [1.54, 1.807) is 11.8 Å². The number of hydrogen-bond donors (Lipinski definition) is 1. The van der Waals surface area contributed by atoms with Crippen molar-refractivity contribution in [1.29, 1.82) is 0 Å². The molecule has 1 atom stereocenters. The predicted octanol–water partition coefficient (Wildman–Crippen LogP) is 4.26. The number of pyridine rings is 1. The molecule has 0 bridgehead atoms. The van der Waals surface area contributed by atoms with Crippen LogP contribution in [-0.4, -0.2) is 39.1 Å². The lowest BCUT2D eigenvalue weighted by Gasteiger charge is -2.17. The van der Waals surface area contributed by atoms with Gasteiger partial charge in [0.25, 0.3) is 0 Å². The van der Waals surface area contributed by atoms with Crippen molar-refractivity contribution in [2.45, 2.75) is 25.3 Å². The number of aromatic nitrogens is 3. The third kappa shape index (κ3) is 5.72. The van der Waals surface area contributed by atoms with Crippen molar-refractivity contribution in [2.24, 2.45) is 0 Å². The molecule has 1 amide bonds. The number of carbonyl (C=O) groups excluding carboxylic acids is 1. The summed E-state index contributed by atoms with van der Waals surface area (Å²) < 4.78 is 8.60. The topological polar surface area (TPSA) is 68.5 Å². The van der Waals surface area contributed by atoms with Gasteiger partial charge >= 0.3 is 0 Å². The highest BCUT2D eigenvalue weighted by atomic mass is 79.9. The zero-order valence-electron chi connectivity index (χ0n) is 15.7. The molecule has 148 valence electrons. The molecule has 1 aromatic carbocycles. The van der Waals surface area contributed by atoms with Crippen LogP contribution in [0.1, 0.15) is 31.1 Å². The maximum absolute atomic E-state index is 12.5. The van der Waals surface area contributed by atoms with Crippen LogP contribution >= 0.6 is 27.7 Å². The fourth-order valence-electron chi connectivity index (χ4n) is 2.85. The molecule has 0 aliphatic rings. The van der Waals surface area contributed by atoms with E-state index in [9.17, 15) is 4.79 Å². The number of benzene rings is 1. The molecule has 8 heteroatoms. The molecule has 0 aliphatic heterocycles. The molecular weight excluding hydrogens is 440 g/mol. The molecule has 0 aliphatic carbocycles. The first kappa shape index (κ1) is 20.7. The number of nitrogens with one attached hydrogen (secondary N) is 1. The van der Waals surface area contributed by atoms with Crippen LogP contribution in [0.25, 0.3) is 5.65 Å². The molecular formula is C20H23BrN4O2S. The van der Waals surface area contributed by atoms with Crippen LogP contribution in [0.2, 0.25) is 0 Å². The summed E-state index contributed by atoms with van der Waals surface area (Å²) in [5, 5.41) is 11.6. The van der Waals surface area contributed by atoms with Crippen molar-refractivity contribution >= 4 is 39.2 Å². The molecule has 3 aromatic rings. The Labute approximate surface area is 177 Å². The van der Waals surface area contributed by atoms with Crippen molar-refractivity contribution in [3.05, 3.63) is 59.0 Å². The second-order valence-corrected chi connectivity index (χ2v) is 8.20. The zero-order chi connectivity index (χ0) is 19.8. The Morgan fingerprint density at radius 3 is 3.00 bits per heavy atom. The fourth-order valence-corrected chi connectivity index (χ4v) is 3.69. The Kier molecular flexibility index (Phi) is 7.73. The number of hydrogen-bond acceptors (Lipinski definition) is 5. The number of halogens is 1. The van der Waals surface area contributed by atoms with Crippen molar-refractivity contribution in [3.8, 4) is 5.75 Å². The first-order valence-corrected chi connectivity index (χ1v) is 11.3. The lowest BCUT2D eigenvalue weighted by molar-refractivity contribution is -0.122. The van der Waals surface area contributed by atoms with E-state index in [1.807, 2.05) is 53.1 Å². The zero-order valence-corrected chi connectivity index (χ0v) is 18.1. The van der Waals surface area contributed by atoms with E-state index in [1.165, 1.54) is 0 Å². The first-order valence-electron chi connectivity index (χ1n) is 9.13. The van der Waals surface area contributed by atoms with Crippen molar-refractivity contribution in [1.82, 2.24) is 19.9 Å². The summed E-state index contributed by atoms with van der Waals surface area (Å²) >= 11 is 5.17. The average Bonchev–Trinajstić information content (AvgIpc) is 3.13. The standard InChI is InChI=1S/C20H23BrN4O2S/c1-28-13-10-17(20-24-23-18-8-2-3-11-25(18)20)22-19(26)9-5-12-27-16-7-4-6-15(21)14-16/h2-4,6-8,11,14,17H,5,9-10,12-13H2,1H3,(H,22,26). The molecule has 2 aromatic heterocycles. The summed E-state index contributed by atoms with van der Waals surface area (Å²) in [6.07, 6.45) is 5.83. The Balaban J connectivity index is 1.54. The minimum Gasteiger partial charge on any atom is -0.494 e. The number of ether oxygens (including phenoxy) is 1. The van der Waals surface area contributed by atoms with Crippen molar-refractivity contribution in [2.75, 3.05) is 18.6 Å².